The van der Waals surface area contributed by atoms with E-state index >= 15 is 0 Å². The van der Waals surface area contributed by atoms with E-state index < -0.39 is 5.97 Å². The molecule has 0 aliphatic heterocycles. The average Bonchev–Trinajstić information content (AvgIpc) is 2.45. The molecule has 0 saturated carbocycles. The molecule has 1 N–H and O–H groups in total. The van der Waals surface area contributed by atoms with Crippen molar-refractivity contribution in [3.8, 4) is 0 Å². The Morgan fingerprint density at radius 3 is 2.32 bits per heavy atom. The van der Waals surface area contributed by atoms with Crippen LogP contribution >= 0.6 is 0 Å². The maximum Gasteiger partial charge on any atom is 1.00 e. The van der Waals surface area contributed by atoms with Crippen molar-refractivity contribution < 1.29 is 44.6 Å². The van der Waals surface area contributed by atoms with Crippen molar-refractivity contribution in [1.29, 1.82) is 0 Å². The summed E-state index contributed by atoms with van der Waals surface area (Å²) < 4.78 is 0. The molecule has 0 aliphatic carbocycles. The number of carbonyl (C=O) groups excluding carboxylic acids is 1. The molecule has 0 saturated heterocycles. The molecule has 3 nitrogen and oxygen atoms in total. The minimum atomic E-state index is -0.952. The second-order valence-corrected chi connectivity index (χ2v) is 5.89. The molecule has 0 aromatic carbocycles. The summed E-state index contributed by atoms with van der Waals surface area (Å²) in [5, 5.41) is 20.1. The summed E-state index contributed by atoms with van der Waals surface area (Å²) in [6.07, 6.45) is 17.0. The van der Waals surface area contributed by atoms with Gasteiger partial charge >= 0.3 is 29.6 Å². The Balaban J connectivity index is 0. The predicted octanol–water partition coefficient (Wildman–Crippen LogP) is 0.749. The molecule has 124 valence electrons. The Labute approximate surface area is 158 Å². The van der Waals surface area contributed by atoms with Gasteiger partial charge in [-0.2, -0.15) is 0 Å². The molecule has 0 heterocycles. The van der Waals surface area contributed by atoms with E-state index in [1.54, 1.807) is 0 Å². The van der Waals surface area contributed by atoms with E-state index in [0.717, 1.165) is 44.9 Å². The van der Waals surface area contributed by atoms with Gasteiger partial charge in [0, 0.05) is 5.97 Å². The third-order valence-electron chi connectivity index (χ3n) is 3.72. The Morgan fingerprint density at radius 1 is 1.00 bits per heavy atom. The van der Waals surface area contributed by atoms with Gasteiger partial charge in [-0.15, -0.1) is 0 Å². The van der Waals surface area contributed by atoms with Crippen LogP contribution in [0.15, 0.2) is 12.2 Å². The van der Waals surface area contributed by atoms with E-state index in [1.807, 2.05) is 0 Å². The van der Waals surface area contributed by atoms with Crippen molar-refractivity contribution in [3.63, 3.8) is 0 Å². The number of carbonyl (C=O) groups is 1. The zero-order valence-electron chi connectivity index (χ0n) is 14.7. The summed E-state index contributed by atoms with van der Waals surface area (Å²) in [6.45, 7) is 2.22. The molecular weight excluding hydrogens is 287 g/mol. The van der Waals surface area contributed by atoms with Crippen LogP contribution in [0.4, 0.5) is 0 Å². The fraction of sp³-hybridized carbons (Fsp3) is 0.833. The third kappa shape index (κ3) is 20.2. The van der Waals surface area contributed by atoms with Crippen LogP contribution in [0.3, 0.4) is 0 Å². The van der Waals surface area contributed by atoms with Gasteiger partial charge in [0.05, 0.1) is 6.10 Å². The molecule has 0 aromatic rings. The van der Waals surface area contributed by atoms with Gasteiger partial charge in [0.15, 0.2) is 0 Å². The van der Waals surface area contributed by atoms with Gasteiger partial charge < -0.3 is 15.0 Å². The fourth-order valence-corrected chi connectivity index (χ4v) is 2.36. The van der Waals surface area contributed by atoms with E-state index in [4.69, 9.17) is 0 Å². The van der Waals surface area contributed by atoms with Gasteiger partial charge in [-0.25, -0.2) is 0 Å². The number of carboxylic acids is 1. The summed E-state index contributed by atoms with van der Waals surface area (Å²) in [5.41, 5.74) is 0. The molecule has 0 aliphatic rings. The first kappa shape index (κ1) is 24.4. The number of rotatable bonds is 15. The van der Waals surface area contributed by atoms with Crippen LogP contribution in [0.2, 0.25) is 0 Å². The summed E-state index contributed by atoms with van der Waals surface area (Å²) in [4.78, 5) is 10.2. The molecule has 0 rings (SSSR count). The van der Waals surface area contributed by atoms with Gasteiger partial charge in [-0.3, -0.25) is 0 Å². The Kier molecular flexibility index (Phi) is 21.3. The first-order valence-electron chi connectivity index (χ1n) is 8.69. The molecule has 4 heteroatoms. The van der Waals surface area contributed by atoms with Crippen LogP contribution < -0.4 is 34.7 Å². The SMILES string of the molecule is CCCCCC/C=C/CC(O)CCCCCCCC(=O)[O-].[Na+]. The number of aliphatic hydroxyl groups excluding tert-OH is 1. The van der Waals surface area contributed by atoms with E-state index in [9.17, 15) is 15.0 Å². The average molecular weight is 320 g/mol. The zero-order valence-corrected chi connectivity index (χ0v) is 16.7. The molecule has 0 radical (unpaired) electrons. The Morgan fingerprint density at radius 2 is 1.64 bits per heavy atom. The van der Waals surface area contributed by atoms with Gasteiger partial charge in [0.25, 0.3) is 0 Å². The molecule has 0 aromatic heterocycles. The smallest absolute Gasteiger partial charge is 0.550 e. The van der Waals surface area contributed by atoms with Crippen LogP contribution in [0, 0.1) is 0 Å². The van der Waals surface area contributed by atoms with Crippen molar-refractivity contribution >= 4 is 5.97 Å². The number of aliphatic hydroxyl groups is 1. The summed E-state index contributed by atoms with van der Waals surface area (Å²) in [6, 6.07) is 0. The first-order chi connectivity index (χ1) is 10.2. The Bertz CT molecular complexity index is 267. The molecule has 0 fully saturated rings. The van der Waals surface area contributed by atoms with Crippen molar-refractivity contribution in [1.82, 2.24) is 0 Å². The van der Waals surface area contributed by atoms with E-state index in [2.05, 4.69) is 19.1 Å². The quantitative estimate of drug-likeness (QED) is 0.275. The molecular formula is C18H33NaO3. The van der Waals surface area contributed by atoms with E-state index in [-0.39, 0.29) is 42.1 Å². The van der Waals surface area contributed by atoms with E-state index in [1.165, 1.54) is 25.7 Å². The molecule has 0 bridgehead atoms. The summed E-state index contributed by atoms with van der Waals surface area (Å²) in [5.74, 6) is -0.952. The maximum atomic E-state index is 10.2. The standard InChI is InChI=1S/C18H34O3.Na/c1-2-3-4-5-6-8-11-14-17(19)15-12-9-7-10-13-16-18(20)21;/h8,11,17,19H,2-7,9-10,12-16H2,1H3,(H,20,21);/q;+1/p-1/b11-8+;. The number of hydrogen-bond donors (Lipinski definition) is 1. The van der Waals surface area contributed by atoms with Crippen molar-refractivity contribution in [2.75, 3.05) is 0 Å². The van der Waals surface area contributed by atoms with Crippen LogP contribution in [0.5, 0.6) is 0 Å². The number of aliphatic carboxylic acids is 1. The Hall–Kier alpha value is 0.170. The summed E-state index contributed by atoms with van der Waals surface area (Å²) in [7, 11) is 0. The topological polar surface area (TPSA) is 60.4 Å². The van der Waals surface area contributed by atoms with Crippen molar-refractivity contribution in [2.45, 2.75) is 96.5 Å². The number of unbranched alkanes of at least 4 members (excludes halogenated alkanes) is 8. The van der Waals surface area contributed by atoms with Gasteiger partial charge in [-0.1, -0.05) is 64.0 Å². The van der Waals surface area contributed by atoms with E-state index in [0.29, 0.717) is 6.42 Å². The zero-order chi connectivity index (χ0) is 15.8. The number of hydrogen-bond acceptors (Lipinski definition) is 3. The third-order valence-corrected chi connectivity index (χ3v) is 3.72. The normalized spacial score (nSPS) is 12.3. The predicted molar refractivity (Wildman–Crippen MR) is 85.8 cm³/mol. The van der Waals surface area contributed by atoms with Gasteiger partial charge in [0.2, 0.25) is 0 Å². The minimum Gasteiger partial charge on any atom is -0.550 e. The van der Waals surface area contributed by atoms with Gasteiger partial charge in [-0.05, 0) is 38.5 Å². The molecule has 1 unspecified atom stereocenters. The molecule has 22 heavy (non-hydrogen) atoms. The number of allylic oxidation sites excluding steroid dienone is 1. The second-order valence-electron chi connectivity index (χ2n) is 5.89. The van der Waals surface area contributed by atoms with Crippen LogP contribution in [0.1, 0.15) is 90.4 Å². The maximum absolute atomic E-state index is 10.2. The monoisotopic (exact) mass is 320 g/mol. The second kappa shape index (κ2) is 19.2. The largest absolute Gasteiger partial charge is 1.00 e. The summed E-state index contributed by atoms with van der Waals surface area (Å²) >= 11 is 0. The molecule has 1 atom stereocenters. The van der Waals surface area contributed by atoms with Crippen LogP contribution in [-0.4, -0.2) is 17.2 Å². The van der Waals surface area contributed by atoms with Crippen molar-refractivity contribution in [3.05, 3.63) is 12.2 Å². The van der Waals surface area contributed by atoms with Crippen molar-refractivity contribution in [2.24, 2.45) is 0 Å². The number of carboxylic acid groups (broad SMARTS) is 1. The van der Waals surface area contributed by atoms with Gasteiger partial charge in [0.1, 0.15) is 0 Å². The first-order valence-corrected chi connectivity index (χ1v) is 8.69. The van der Waals surface area contributed by atoms with Crippen LogP contribution in [0.25, 0.3) is 0 Å². The minimum absolute atomic E-state index is 0. The molecule has 0 amide bonds. The fourth-order valence-electron chi connectivity index (χ4n) is 2.36. The van der Waals surface area contributed by atoms with Crippen LogP contribution in [-0.2, 0) is 4.79 Å². The molecule has 0 spiro atoms.